The van der Waals surface area contributed by atoms with Crippen LogP contribution in [0.2, 0.25) is 10.0 Å². The van der Waals surface area contributed by atoms with Gasteiger partial charge in [0.15, 0.2) is 17.6 Å². The van der Waals surface area contributed by atoms with Gasteiger partial charge < -0.3 is 19.5 Å². The molecular formula is C26H32Cl2IN3O5. The molecule has 0 aliphatic heterocycles. The molecule has 2 atom stereocenters. The molecule has 0 aromatic heterocycles. The minimum absolute atomic E-state index is 0.142. The van der Waals surface area contributed by atoms with Gasteiger partial charge in [-0.1, -0.05) is 37.0 Å². The fourth-order valence-corrected chi connectivity index (χ4v) is 4.50. The molecule has 0 fully saturated rings. The Labute approximate surface area is 241 Å². The smallest absolute Gasteiger partial charge is 0.262 e. The molecule has 0 radical (unpaired) electrons. The van der Waals surface area contributed by atoms with E-state index in [0.717, 1.165) is 9.13 Å². The second kappa shape index (κ2) is 15.2. The Bertz CT molecular complexity index is 1110. The Balaban J connectivity index is 2.08. The lowest BCUT2D eigenvalue weighted by Gasteiger charge is -2.22. The summed E-state index contributed by atoms with van der Waals surface area (Å²) in [5.74, 6) is 0.827. The van der Waals surface area contributed by atoms with Crippen molar-refractivity contribution >= 4 is 63.8 Å². The molecule has 8 nitrogen and oxygen atoms in total. The highest BCUT2D eigenvalue weighted by Gasteiger charge is 2.25. The van der Waals surface area contributed by atoms with Gasteiger partial charge in [0.25, 0.3) is 11.8 Å². The van der Waals surface area contributed by atoms with E-state index in [4.69, 9.17) is 37.4 Å². The molecular weight excluding hydrogens is 632 g/mol. The van der Waals surface area contributed by atoms with Gasteiger partial charge in [0, 0.05) is 5.02 Å². The lowest BCUT2D eigenvalue weighted by atomic mass is 10.0. The van der Waals surface area contributed by atoms with Crippen LogP contribution in [-0.2, 0) is 9.59 Å². The van der Waals surface area contributed by atoms with Crippen molar-refractivity contribution in [1.29, 1.82) is 0 Å². The Morgan fingerprint density at radius 3 is 2.35 bits per heavy atom. The largest absolute Gasteiger partial charge is 0.490 e. The predicted molar refractivity (Wildman–Crippen MR) is 155 cm³/mol. The molecule has 2 aromatic carbocycles. The van der Waals surface area contributed by atoms with E-state index in [1.807, 2.05) is 33.8 Å². The summed E-state index contributed by atoms with van der Waals surface area (Å²) in [4.78, 5) is 25.7. The highest BCUT2D eigenvalue weighted by molar-refractivity contribution is 14.1. The topological polar surface area (TPSA) is 98.2 Å². The van der Waals surface area contributed by atoms with Crippen molar-refractivity contribution < 1.29 is 23.8 Å². The number of ether oxygens (including phenoxy) is 3. The summed E-state index contributed by atoms with van der Waals surface area (Å²) in [5, 5.41) is 7.58. The first-order chi connectivity index (χ1) is 17.5. The van der Waals surface area contributed by atoms with Crippen LogP contribution < -0.4 is 25.0 Å². The van der Waals surface area contributed by atoms with Gasteiger partial charge in [0.05, 0.1) is 28.0 Å². The molecule has 0 aliphatic rings. The van der Waals surface area contributed by atoms with Crippen molar-refractivity contribution in [2.75, 3.05) is 13.2 Å². The van der Waals surface area contributed by atoms with Gasteiger partial charge in [-0.2, -0.15) is 5.10 Å². The lowest BCUT2D eigenvalue weighted by molar-refractivity contribution is -0.132. The Hall–Kier alpha value is -2.24. The number of hydrogen-bond donors (Lipinski definition) is 2. The van der Waals surface area contributed by atoms with Crippen molar-refractivity contribution in [3.63, 3.8) is 0 Å². The summed E-state index contributed by atoms with van der Waals surface area (Å²) in [6.45, 7) is 10.3. The highest BCUT2D eigenvalue weighted by atomic mass is 127. The number of nitrogens with zero attached hydrogens (tertiary/aromatic N) is 1. The molecule has 2 rings (SSSR count). The third kappa shape index (κ3) is 9.86. The molecule has 0 saturated heterocycles. The van der Waals surface area contributed by atoms with Crippen molar-refractivity contribution in [3.8, 4) is 17.2 Å². The van der Waals surface area contributed by atoms with Gasteiger partial charge in [-0.3, -0.25) is 9.59 Å². The molecule has 0 bridgehead atoms. The second-order valence-electron chi connectivity index (χ2n) is 8.46. The van der Waals surface area contributed by atoms with Crippen LogP contribution in [0.3, 0.4) is 0 Å². The van der Waals surface area contributed by atoms with Crippen molar-refractivity contribution in [1.82, 2.24) is 10.7 Å². The molecule has 2 N–H and O–H groups in total. The number of halogens is 3. The number of hydrogen-bond acceptors (Lipinski definition) is 6. The van der Waals surface area contributed by atoms with E-state index in [-0.39, 0.29) is 10.9 Å². The number of carbonyl (C=O) groups is 2. The molecule has 11 heteroatoms. The molecule has 0 saturated carbocycles. The highest BCUT2D eigenvalue weighted by Crippen LogP contribution is 2.34. The van der Waals surface area contributed by atoms with Crippen LogP contribution in [0.15, 0.2) is 35.4 Å². The second-order valence-corrected chi connectivity index (χ2v) is 10.5. The van der Waals surface area contributed by atoms with Gasteiger partial charge in [-0.05, 0) is 91.6 Å². The Kier molecular flexibility index (Phi) is 12.8. The van der Waals surface area contributed by atoms with E-state index in [9.17, 15) is 9.59 Å². The molecule has 2 aromatic rings. The van der Waals surface area contributed by atoms with Crippen LogP contribution in [0.1, 0.15) is 46.6 Å². The minimum atomic E-state index is -0.896. The minimum Gasteiger partial charge on any atom is -0.490 e. The maximum absolute atomic E-state index is 12.9. The predicted octanol–water partition coefficient (Wildman–Crippen LogP) is 5.84. The number of benzene rings is 2. The van der Waals surface area contributed by atoms with Crippen LogP contribution in [0.4, 0.5) is 0 Å². The normalized spacial score (nSPS) is 12.8. The van der Waals surface area contributed by atoms with E-state index in [2.05, 4.69) is 38.4 Å². The average molecular weight is 664 g/mol. The van der Waals surface area contributed by atoms with Crippen LogP contribution >= 0.6 is 45.8 Å². The zero-order chi connectivity index (χ0) is 27.5. The van der Waals surface area contributed by atoms with E-state index < -0.39 is 24.0 Å². The quantitative estimate of drug-likeness (QED) is 0.159. The zero-order valence-electron chi connectivity index (χ0n) is 21.4. The van der Waals surface area contributed by atoms with Gasteiger partial charge in [-0.15, -0.1) is 0 Å². The summed E-state index contributed by atoms with van der Waals surface area (Å²) < 4.78 is 17.9. The maximum Gasteiger partial charge on any atom is 0.262 e. The fourth-order valence-electron chi connectivity index (χ4n) is 3.26. The monoisotopic (exact) mass is 663 g/mol. The molecule has 37 heavy (non-hydrogen) atoms. The number of rotatable bonds is 13. The van der Waals surface area contributed by atoms with E-state index in [1.54, 1.807) is 25.1 Å². The van der Waals surface area contributed by atoms with Crippen molar-refractivity contribution in [2.24, 2.45) is 11.0 Å². The summed E-state index contributed by atoms with van der Waals surface area (Å²) in [5.41, 5.74) is 3.25. The lowest BCUT2D eigenvalue weighted by Crippen LogP contribution is -2.49. The van der Waals surface area contributed by atoms with Crippen LogP contribution in [0, 0.1) is 9.49 Å². The molecule has 202 valence electrons. The summed E-state index contributed by atoms with van der Waals surface area (Å²) in [7, 11) is 0. The molecule has 0 heterocycles. The van der Waals surface area contributed by atoms with Crippen LogP contribution in [0.25, 0.3) is 0 Å². The van der Waals surface area contributed by atoms with Crippen molar-refractivity contribution in [3.05, 3.63) is 49.5 Å². The van der Waals surface area contributed by atoms with Gasteiger partial charge in [0.2, 0.25) is 0 Å². The first kappa shape index (κ1) is 31.0. The number of nitrogens with one attached hydrogen (secondary N) is 2. The molecule has 0 unspecified atom stereocenters. The first-order valence-electron chi connectivity index (χ1n) is 11.9. The maximum atomic E-state index is 12.9. The number of amides is 2. The molecule has 0 aliphatic carbocycles. The van der Waals surface area contributed by atoms with Gasteiger partial charge in [0.1, 0.15) is 11.8 Å². The van der Waals surface area contributed by atoms with E-state index in [1.165, 1.54) is 12.3 Å². The number of hydrazone groups is 1. The zero-order valence-corrected chi connectivity index (χ0v) is 25.1. The SMILES string of the molecule is CCOc1cc(/C=N\NC(=O)[C@@H](CC(C)C)NC(=O)[C@H](C)Oc2ccc(Cl)cc2Cl)cc(I)c1OCC. The molecule has 2 amide bonds. The Morgan fingerprint density at radius 2 is 1.73 bits per heavy atom. The van der Waals surface area contributed by atoms with Gasteiger partial charge >= 0.3 is 0 Å². The van der Waals surface area contributed by atoms with Crippen LogP contribution in [-0.4, -0.2) is 43.4 Å². The standard InChI is InChI=1S/C26H32Cl2IN3O5/c1-6-35-23-12-17(11-20(29)24(23)36-7-2)14-30-32-26(34)21(10-15(3)4)31-25(33)16(5)37-22-9-8-18(27)13-19(22)28/h8-9,11-16,21H,6-7,10H2,1-5H3,(H,31,33)(H,32,34)/b30-14-/t16-,21+/m0/s1. The fraction of sp³-hybridized carbons (Fsp3) is 0.423. The van der Waals surface area contributed by atoms with Crippen LogP contribution in [0.5, 0.6) is 17.2 Å². The van der Waals surface area contributed by atoms with E-state index in [0.29, 0.717) is 41.9 Å². The van der Waals surface area contributed by atoms with Gasteiger partial charge in [-0.25, -0.2) is 5.43 Å². The summed E-state index contributed by atoms with van der Waals surface area (Å²) >= 11 is 14.2. The van der Waals surface area contributed by atoms with E-state index >= 15 is 0 Å². The number of carbonyl (C=O) groups excluding carboxylic acids is 2. The Morgan fingerprint density at radius 1 is 1.03 bits per heavy atom. The third-order valence-corrected chi connectivity index (χ3v) is 6.25. The third-order valence-electron chi connectivity index (χ3n) is 4.92. The molecule has 0 spiro atoms. The summed E-state index contributed by atoms with van der Waals surface area (Å²) in [6.07, 6.45) is 1.03. The average Bonchev–Trinajstić information content (AvgIpc) is 2.82. The van der Waals surface area contributed by atoms with Crippen molar-refractivity contribution in [2.45, 2.75) is 53.2 Å². The first-order valence-corrected chi connectivity index (χ1v) is 13.7. The summed E-state index contributed by atoms with van der Waals surface area (Å²) in [6, 6.07) is 7.58.